The molecule has 3 heterocycles. The van der Waals surface area contributed by atoms with Gasteiger partial charge in [-0.2, -0.15) is 5.10 Å². The van der Waals surface area contributed by atoms with E-state index in [2.05, 4.69) is 56.5 Å². The number of halogens is 2. The highest BCUT2D eigenvalue weighted by Gasteiger charge is 2.37. The molecule has 2 aliphatic rings. The van der Waals surface area contributed by atoms with E-state index in [0.717, 1.165) is 59.5 Å². The summed E-state index contributed by atoms with van der Waals surface area (Å²) in [6.07, 6.45) is 2.18. The molecule has 2 N–H and O–H groups in total. The number of likely N-dealkylation sites (tertiary alicyclic amines) is 1. The van der Waals surface area contributed by atoms with E-state index in [1.54, 1.807) is 7.11 Å². The minimum absolute atomic E-state index is 0.0628. The van der Waals surface area contributed by atoms with Gasteiger partial charge in [-0.1, -0.05) is 12.1 Å². The maximum absolute atomic E-state index is 14.9. The van der Waals surface area contributed by atoms with Crippen LogP contribution < -0.4 is 10.1 Å². The number of methoxy groups -OCH3 is 2. The lowest BCUT2D eigenvalue weighted by molar-refractivity contribution is 0.0607. The van der Waals surface area contributed by atoms with Crippen LogP contribution in [0.4, 0.5) is 14.5 Å². The monoisotopic (exact) mass is 513 g/mol. The second-order valence-electron chi connectivity index (χ2n) is 10.3. The van der Waals surface area contributed by atoms with Crippen LogP contribution in [0.2, 0.25) is 0 Å². The van der Waals surface area contributed by atoms with E-state index in [4.69, 9.17) is 9.47 Å². The summed E-state index contributed by atoms with van der Waals surface area (Å²) in [5.74, 6) is 0.767. The Labute approximate surface area is 217 Å². The van der Waals surface area contributed by atoms with Crippen LogP contribution in [0.5, 0.6) is 5.75 Å². The number of aromatic nitrogens is 2. The second kappa shape index (κ2) is 11.3. The molecule has 3 atom stereocenters. The molecule has 0 bridgehead atoms. The number of rotatable bonds is 11. The van der Waals surface area contributed by atoms with Gasteiger partial charge in [0.25, 0.3) is 0 Å². The third kappa shape index (κ3) is 5.30. The van der Waals surface area contributed by atoms with Crippen LogP contribution in [0.15, 0.2) is 36.5 Å². The van der Waals surface area contributed by atoms with Crippen LogP contribution in [0.3, 0.4) is 0 Å². The summed E-state index contributed by atoms with van der Waals surface area (Å²) in [7, 11) is 3.22. The summed E-state index contributed by atoms with van der Waals surface area (Å²) in [5.41, 5.74) is 5.40. The largest absolute Gasteiger partial charge is 0.496 e. The van der Waals surface area contributed by atoms with Crippen molar-refractivity contribution >= 4 is 16.6 Å². The molecule has 7 nitrogen and oxygen atoms in total. The molecule has 1 aromatic heterocycles. The molecule has 0 saturated carbocycles. The molecule has 0 spiro atoms. The molecule has 0 radical (unpaired) electrons. The van der Waals surface area contributed by atoms with Crippen molar-refractivity contribution in [2.45, 2.75) is 44.1 Å². The summed E-state index contributed by atoms with van der Waals surface area (Å²) in [4.78, 5) is 4.49. The van der Waals surface area contributed by atoms with Gasteiger partial charge in [0.15, 0.2) is 0 Å². The number of benzene rings is 2. The van der Waals surface area contributed by atoms with Crippen molar-refractivity contribution in [3.63, 3.8) is 0 Å². The first-order valence-electron chi connectivity index (χ1n) is 13.1. The zero-order chi connectivity index (χ0) is 25.9. The summed E-state index contributed by atoms with van der Waals surface area (Å²) in [6, 6.07) is 10.7. The van der Waals surface area contributed by atoms with Crippen molar-refractivity contribution in [2.24, 2.45) is 0 Å². The standard InChI is InChI=1S/C28H37F2N5O2/c1-18-11-24-22(7-8-26-25(24)13-31-33-26)28(35(18)14-19(30)17-36-2)23-6-5-20(12-27(23)37-3)32-21-15-34(16-21)10-4-9-29/h5-8,12-13,18-19,21,28,32H,4,9-11,14-17H2,1-3H3,(H,31,33)/t18-,19?,28?/m1/s1. The average Bonchev–Trinajstić information content (AvgIpc) is 3.35. The highest BCUT2D eigenvalue weighted by atomic mass is 19.1. The van der Waals surface area contributed by atoms with Gasteiger partial charge in [0.05, 0.1) is 44.2 Å². The third-order valence-electron chi connectivity index (χ3n) is 7.68. The number of hydrogen-bond acceptors (Lipinski definition) is 6. The Balaban J connectivity index is 1.46. The van der Waals surface area contributed by atoms with E-state index in [9.17, 15) is 8.78 Å². The Kier molecular flexibility index (Phi) is 7.92. The molecular weight excluding hydrogens is 476 g/mol. The SMILES string of the molecule is COCC(F)CN1C(c2ccc(NC3CN(CCCF)C3)cc2OC)c2ccc3[nH]ncc3c2C[C@H]1C. The number of nitrogens with one attached hydrogen (secondary N) is 2. The molecule has 37 heavy (non-hydrogen) atoms. The van der Waals surface area contributed by atoms with Gasteiger partial charge >= 0.3 is 0 Å². The number of H-pyrrole nitrogens is 1. The van der Waals surface area contributed by atoms with Crippen molar-refractivity contribution < 1.29 is 18.3 Å². The van der Waals surface area contributed by atoms with E-state index < -0.39 is 6.17 Å². The zero-order valence-corrected chi connectivity index (χ0v) is 21.8. The van der Waals surface area contributed by atoms with Gasteiger partial charge in [-0.3, -0.25) is 19.3 Å². The number of ether oxygens (including phenoxy) is 2. The van der Waals surface area contributed by atoms with E-state index in [-0.39, 0.29) is 31.9 Å². The van der Waals surface area contributed by atoms with E-state index in [1.807, 2.05) is 12.3 Å². The minimum Gasteiger partial charge on any atom is -0.496 e. The molecular formula is C28H37F2N5O2. The Morgan fingerprint density at radius 2 is 2.00 bits per heavy atom. The van der Waals surface area contributed by atoms with Crippen molar-refractivity contribution in [3.05, 3.63) is 53.2 Å². The third-order valence-corrected chi connectivity index (χ3v) is 7.68. The number of fused-ring (bicyclic) bond motifs is 3. The Hall–Kier alpha value is -2.75. The summed E-state index contributed by atoms with van der Waals surface area (Å²) in [6.45, 7) is 4.83. The number of anilines is 1. The summed E-state index contributed by atoms with van der Waals surface area (Å²) in [5, 5.41) is 12.0. The van der Waals surface area contributed by atoms with Crippen LogP contribution in [0.25, 0.3) is 10.9 Å². The lowest BCUT2D eigenvalue weighted by atomic mass is 9.83. The van der Waals surface area contributed by atoms with Crippen molar-refractivity contribution in [3.8, 4) is 5.75 Å². The van der Waals surface area contributed by atoms with Crippen LogP contribution in [-0.2, 0) is 11.2 Å². The molecule has 2 aliphatic heterocycles. The predicted molar refractivity (Wildman–Crippen MR) is 142 cm³/mol. The number of alkyl halides is 2. The van der Waals surface area contributed by atoms with Gasteiger partial charge in [-0.05, 0) is 43.0 Å². The Morgan fingerprint density at radius 1 is 1.19 bits per heavy atom. The molecule has 2 aromatic carbocycles. The number of hydrogen-bond donors (Lipinski definition) is 2. The first-order chi connectivity index (χ1) is 18.0. The predicted octanol–water partition coefficient (Wildman–Crippen LogP) is 4.35. The molecule has 200 valence electrons. The fraction of sp³-hybridized carbons (Fsp3) is 0.536. The highest BCUT2D eigenvalue weighted by molar-refractivity contribution is 5.83. The van der Waals surface area contributed by atoms with Crippen molar-refractivity contribution in [2.75, 3.05) is 59.0 Å². The Morgan fingerprint density at radius 3 is 2.76 bits per heavy atom. The van der Waals surface area contributed by atoms with Gasteiger partial charge < -0.3 is 14.8 Å². The topological polar surface area (TPSA) is 65.7 Å². The molecule has 0 amide bonds. The van der Waals surface area contributed by atoms with E-state index >= 15 is 0 Å². The van der Waals surface area contributed by atoms with Gasteiger partial charge in [-0.15, -0.1) is 0 Å². The molecule has 1 saturated heterocycles. The zero-order valence-electron chi connectivity index (χ0n) is 21.8. The number of nitrogens with zero attached hydrogens (tertiary/aromatic N) is 3. The van der Waals surface area contributed by atoms with E-state index in [1.165, 1.54) is 12.7 Å². The fourth-order valence-corrected chi connectivity index (χ4v) is 5.91. The van der Waals surface area contributed by atoms with E-state index in [0.29, 0.717) is 12.5 Å². The normalized spacial score (nSPS) is 21.5. The van der Waals surface area contributed by atoms with Crippen LogP contribution in [-0.4, -0.2) is 91.9 Å². The fourth-order valence-electron chi connectivity index (χ4n) is 5.91. The molecule has 1 fully saturated rings. The Bertz CT molecular complexity index is 1200. The highest BCUT2D eigenvalue weighted by Crippen LogP contribution is 2.44. The molecule has 2 unspecified atom stereocenters. The van der Waals surface area contributed by atoms with Gasteiger partial charge in [0, 0.05) is 62.0 Å². The molecule has 0 aliphatic carbocycles. The van der Waals surface area contributed by atoms with Gasteiger partial charge in [-0.25, -0.2) is 4.39 Å². The maximum atomic E-state index is 14.9. The second-order valence-corrected chi connectivity index (χ2v) is 10.3. The lowest BCUT2D eigenvalue weighted by Crippen LogP contribution is -2.54. The van der Waals surface area contributed by atoms with Crippen molar-refractivity contribution in [1.29, 1.82) is 0 Å². The molecule has 3 aromatic rings. The van der Waals surface area contributed by atoms with Gasteiger partial charge in [0.1, 0.15) is 11.9 Å². The molecule has 5 rings (SSSR count). The van der Waals surface area contributed by atoms with Gasteiger partial charge in [0.2, 0.25) is 0 Å². The first-order valence-corrected chi connectivity index (χ1v) is 13.1. The van der Waals surface area contributed by atoms with Crippen molar-refractivity contribution in [1.82, 2.24) is 20.0 Å². The summed E-state index contributed by atoms with van der Waals surface area (Å²) >= 11 is 0. The maximum Gasteiger partial charge on any atom is 0.136 e. The smallest absolute Gasteiger partial charge is 0.136 e. The van der Waals surface area contributed by atoms with Crippen LogP contribution >= 0.6 is 0 Å². The average molecular weight is 514 g/mol. The quantitative estimate of drug-likeness (QED) is 0.398. The number of aromatic amines is 1. The summed E-state index contributed by atoms with van der Waals surface area (Å²) < 4.78 is 38.4. The van der Waals surface area contributed by atoms with Crippen LogP contribution in [0, 0.1) is 0 Å². The lowest BCUT2D eigenvalue weighted by Gasteiger charge is -2.43. The van der Waals surface area contributed by atoms with Crippen LogP contribution in [0.1, 0.15) is 36.1 Å². The minimum atomic E-state index is -1.10. The molecule has 9 heteroatoms. The first kappa shape index (κ1) is 25.9.